The van der Waals surface area contributed by atoms with Crippen LogP contribution in [0.3, 0.4) is 0 Å². The van der Waals surface area contributed by atoms with E-state index in [1.807, 2.05) is 37.3 Å². The second-order valence-electron chi connectivity index (χ2n) is 7.69. The highest BCUT2D eigenvalue weighted by molar-refractivity contribution is 8.15. The van der Waals surface area contributed by atoms with Crippen molar-refractivity contribution in [3.05, 3.63) is 95.6 Å². The summed E-state index contributed by atoms with van der Waals surface area (Å²) in [5.41, 5.74) is 2.85. The molecular formula is C26H22N4O4S. The van der Waals surface area contributed by atoms with Crippen LogP contribution in [0, 0.1) is 6.92 Å². The van der Waals surface area contributed by atoms with E-state index in [2.05, 4.69) is 20.8 Å². The number of para-hydroxylation sites is 1. The standard InChI is InChI=1S/C26H22N4O4S/c1-17-10-12-19(13-11-17)25(33)34-21-9-5-6-18(14-21)16-27-30-26-29-24(32)22(35-26)15-23(31)28-20-7-3-2-4-8-20/h2-14,16,22H,15H2,1H3,(H,28,31)(H,29,30,32)/b27-16-/t22-/m1/s1. The molecule has 2 amide bonds. The SMILES string of the molecule is Cc1ccc(C(=O)Oc2cccc(/C=N\N=C3\NC(=O)[C@@H](CC(=O)Nc4ccccc4)S3)c2)cc1. The third-order valence-electron chi connectivity index (χ3n) is 4.92. The van der Waals surface area contributed by atoms with Crippen LogP contribution in [0.2, 0.25) is 0 Å². The molecule has 1 saturated heterocycles. The van der Waals surface area contributed by atoms with E-state index in [0.29, 0.717) is 27.7 Å². The lowest BCUT2D eigenvalue weighted by atomic mass is 10.1. The van der Waals surface area contributed by atoms with Gasteiger partial charge in [-0.25, -0.2) is 4.79 Å². The highest BCUT2D eigenvalue weighted by atomic mass is 32.2. The van der Waals surface area contributed by atoms with Gasteiger partial charge in [0.2, 0.25) is 11.8 Å². The van der Waals surface area contributed by atoms with Crippen molar-refractivity contribution in [2.75, 3.05) is 5.32 Å². The monoisotopic (exact) mass is 486 g/mol. The van der Waals surface area contributed by atoms with Gasteiger partial charge in [-0.05, 0) is 48.9 Å². The normalized spacial score (nSPS) is 16.3. The molecule has 1 heterocycles. The van der Waals surface area contributed by atoms with Crippen molar-refractivity contribution in [3.8, 4) is 5.75 Å². The van der Waals surface area contributed by atoms with E-state index in [0.717, 1.165) is 17.3 Å². The Balaban J connectivity index is 1.32. The van der Waals surface area contributed by atoms with Crippen molar-refractivity contribution in [1.29, 1.82) is 0 Å². The Morgan fingerprint density at radius 3 is 2.60 bits per heavy atom. The average molecular weight is 487 g/mol. The molecule has 1 atom stereocenters. The molecule has 35 heavy (non-hydrogen) atoms. The highest BCUT2D eigenvalue weighted by Crippen LogP contribution is 2.23. The molecule has 0 aromatic heterocycles. The van der Waals surface area contributed by atoms with Gasteiger partial charge < -0.3 is 15.4 Å². The summed E-state index contributed by atoms with van der Waals surface area (Å²) in [4.78, 5) is 36.7. The van der Waals surface area contributed by atoms with E-state index in [1.54, 1.807) is 48.5 Å². The minimum atomic E-state index is -0.586. The number of nitrogens with one attached hydrogen (secondary N) is 2. The summed E-state index contributed by atoms with van der Waals surface area (Å²) in [7, 11) is 0. The first kappa shape index (κ1) is 23.9. The van der Waals surface area contributed by atoms with E-state index >= 15 is 0 Å². The number of nitrogens with zero attached hydrogens (tertiary/aromatic N) is 2. The fraction of sp³-hybridized carbons (Fsp3) is 0.115. The van der Waals surface area contributed by atoms with E-state index in [4.69, 9.17) is 4.74 Å². The van der Waals surface area contributed by atoms with Crippen LogP contribution in [0.1, 0.15) is 27.9 Å². The van der Waals surface area contributed by atoms with Gasteiger partial charge in [0, 0.05) is 12.1 Å². The second kappa shape index (κ2) is 11.3. The summed E-state index contributed by atoms with van der Waals surface area (Å²) in [5.74, 6) is -0.630. The van der Waals surface area contributed by atoms with Crippen LogP contribution < -0.4 is 15.4 Å². The molecule has 0 saturated carbocycles. The number of anilines is 1. The molecule has 8 nitrogen and oxygen atoms in total. The van der Waals surface area contributed by atoms with Gasteiger partial charge in [0.1, 0.15) is 11.0 Å². The van der Waals surface area contributed by atoms with Gasteiger partial charge in [-0.3, -0.25) is 9.59 Å². The Kier molecular flexibility index (Phi) is 7.69. The number of amidine groups is 1. The van der Waals surface area contributed by atoms with Crippen LogP contribution >= 0.6 is 11.8 Å². The predicted octanol–water partition coefficient (Wildman–Crippen LogP) is 4.16. The Morgan fingerprint density at radius 1 is 1.06 bits per heavy atom. The van der Waals surface area contributed by atoms with Gasteiger partial charge in [0.15, 0.2) is 5.17 Å². The molecule has 176 valence electrons. The van der Waals surface area contributed by atoms with Gasteiger partial charge in [-0.2, -0.15) is 5.10 Å². The van der Waals surface area contributed by atoms with Crippen LogP contribution in [0.15, 0.2) is 89.1 Å². The number of ether oxygens (including phenoxy) is 1. The maximum Gasteiger partial charge on any atom is 0.343 e. The minimum Gasteiger partial charge on any atom is -0.423 e. The van der Waals surface area contributed by atoms with Crippen molar-refractivity contribution in [2.24, 2.45) is 10.2 Å². The topological polar surface area (TPSA) is 109 Å². The number of esters is 1. The molecule has 0 unspecified atom stereocenters. The first-order chi connectivity index (χ1) is 17.0. The van der Waals surface area contributed by atoms with Gasteiger partial charge >= 0.3 is 5.97 Å². The number of carbonyl (C=O) groups excluding carboxylic acids is 3. The maximum absolute atomic E-state index is 12.3. The first-order valence-electron chi connectivity index (χ1n) is 10.8. The molecule has 3 aromatic rings. The van der Waals surface area contributed by atoms with Gasteiger partial charge in [-0.15, -0.1) is 5.10 Å². The number of hydrogen-bond acceptors (Lipinski definition) is 7. The zero-order chi connectivity index (χ0) is 24.6. The summed E-state index contributed by atoms with van der Waals surface area (Å²) in [5, 5.41) is 13.2. The predicted molar refractivity (Wildman–Crippen MR) is 137 cm³/mol. The molecule has 4 rings (SSSR count). The van der Waals surface area contributed by atoms with Crippen LogP contribution in [-0.2, 0) is 9.59 Å². The van der Waals surface area contributed by atoms with E-state index in [1.165, 1.54) is 6.21 Å². The quantitative estimate of drug-likeness (QED) is 0.226. The number of benzene rings is 3. The lowest BCUT2D eigenvalue weighted by Gasteiger charge is -2.06. The zero-order valence-electron chi connectivity index (χ0n) is 18.8. The number of hydrogen-bond donors (Lipinski definition) is 2. The smallest absolute Gasteiger partial charge is 0.343 e. The van der Waals surface area contributed by atoms with Crippen molar-refractivity contribution in [3.63, 3.8) is 0 Å². The molecule has 1 aliphatic rings. The summed E-state index contributed by atoms with van der Waals surface area (Å²) >= 11 is 1.15. The van der Waals surface area contributed by atoms with E-state index < -0.39 is 11.2 Å². The average Bonchev–Trinajstić information content (AvgIpc) is 3.19. The molecule has 0 aliphatic carbocycles. The molecule has 3 aromatic carbocycles. The molecule has 2 N–H and O–H groups in total. The molecule has 0 bridgehead atoms. The zero-order valence-corrected chi connectivity index (χ0v) is 19.6. The molecule has 9 heteroatoms. The fourth-order valence-corrected chi connectivity index (χ4v) is 4.07. The van der Waals surface area contributed by atoms with Crippen LogP contribution in [0.5, 0.6) is 5.75 Å². The largest absolute Gasteiger partial charge is 0.423 e. The highest BCUT2D eigenvalue weighted by Gasteiger charge is 2.32. The summed E-state index contributed by atoms with van der Waals surface area (Å²) in [6.45, 7) is 1.94. The minimum absolute atomic E-state index is 0.0164. The third kappa shape index (κ3) is 6.87. The molecule has 0 spiro atoms. The number of amides is 2. The van der Waals surface area contributed by atoms with Crippen LogP contribution in [0.4, 0.5) is 5.69 Å². The number of carbonyl (C=O) groups is 3. The van der Waals surface area contributed by atoms with Crippen molar-refractivity contribution >= 4 is 46.6 Å². The van der Waals surface area contributed by atoms with Gasteiger partial charge in [0.25, 0.3) is 0 Å². The van der Waals surface area contributed by atoms with E-state index in [9.17, 15) is 14.4 Å². The van der Waals surface area contributed by atoms with E-state index in [-0.39, 0.29) is 18.2 Å². The summed E-state index contributed by atoms with van der Waals surface area (Å²) in [6.07, 6.45) is 1.50. The Bertz CT molecular complexity index is 1290. The van der Waals surface area contributed by atoms with Crippen LogP contribution in [0.25, 0.3) is 0 Å². The lowest BCUT2D eigenvalue weighted by molar-refractivity contribution is -0.122. The lowest BCUT2D eigenvalue weighted by Crippen LogP contribution is -2.28. The number of aryl methyl sites for hydroxylation is 1. The number of thioether (sulfide) groups is 1. The maximum atomic E-state index is 12.3. The van der Waals surface area contributed by atoms with Crippen molar-refractivity contribution in [1.82, 2.24) is 5.32 Å². The van der Waals surface area contributed by atoms with Gasteiger partial charge in [0.05, 0.1) is 11.8 Å². The summed E-state index contributed by atoms with van der Waals surface area (Å²) < 4.78 is 5.43. The second-order valence-corrected chi connectivity index (χ2v) is 8.88. The fourth-order valence-electron chi connectivity index (χ4n) is 3.15. The Morgan fingerprint density at radius 2 is 1.83 bits per heavy atom. The van der Waals surface area contributed by atoms with Crippen molar-refractivity contribution in [2.45, 2.75) is 18.6 Å². The number of rotatable bonds is 7. The molecular weight excluding hydrogens is 464 g/mol. The molecule has 1 fully saturated rings. The Labute approximate surface area is 206 Å². The molecule has 0 radical (unpaired) electrons. The van der Waals surface area contributed by atoms with Gasteiger partial charge in [-0.1, -0.05) is 59.8 Å². The third-order valence-corrected chi connectivity index (χ3v) is 5.99. The molecule has 1 aliphatic heterocycles. The van der Waals surface area contributed by atoms with Crippen molar-refractivity contribution < 1.29 is 19.1 Å². The first-order valence-corrected chi connectivity index (χ1v) is 11.7. The Hall–Kier alpha value is -4.24. The van der Waals surface area contributed by atoms with Crippen LogP contribution in [-0.4, -0.2) is 34.4 Å². The summed E-state index contributed by atoms with van der Waals surface area (Å²) in [6, 6.07) is 23.0.